The van der Waals surface area contributed by atoms with E-state index in [9.17, 15) is 9.59 Å². The number of fused-ring (bicyclic) bond motifs is 1. The smallest absolute Gasteiger partial charge is 0.300 e. The zero-order valence-electron chi connectivity index (χ0n) is 7.20. The van der Waals surface area contributed by atoms with E-state index in [0.717, 1.165) is 6.42 Å². The predicted octanol–water partition coefficient (Wildman–Crippen LogP) is 0.492. The highest BCUT2D eigenvalue weighted by molar-refractivity contribution is 6.31. The van der Waals surface area contributed by atoms with Gasteiger partial charge in [-0.2, -0.15) is 4.98 Å². The van der Waals surface area contributed by atoms with Gasteiger partial charge in [-0.25, -0.2) is 0 Å². The zero-order valence-corrected chi connectivity index (χ0v) is 7.95. The summed E-state index contributed by atoms with van der Waals surface area (Å²) in [4.78, 5) is 25.4. The van der Waals surface area contributed by atoms with Crippen molar-refractivity contribution in [2.24, 2.45) is 0 Å². The molecule has 0 fully saturated rings. The molecular weight excluding hydrogens is 208 g/mol. The molecule has 2 heterocycles. The van der Waals surface area contributed by atoms with Crippen LogP contribution < -0.4 is 10.3 Å². The number of halogens is 1. The van der Waals surface area contributed by atoms with E-state index < -0.39 is 5.56 Å². The van der Waals surface area contributed by atoms with Crippen LogP contribution in [0.5, 0.6) is 6.01 Å². The highest BCUT2D eigenvalue weighted by atomic mass is 35.5. The quantitative estimate of drug-likeness (QED) is 0.504. The van der Waals surface area contributed by atoms with Gasteiger partial charge in [0.05, 0.1) is 6.61 Å². The lowest BCUT2D eigenvalue weighted by Crippen LogP contribution is -2.25. The molecular formula is C8H7ClN2O3. The van der Waals surface area contributed by atoms with Crippen LogP contribution in [0.15, 0.2) is 4.79 Å². The second-order valence-corrected chi connectivity index (χ2v) is 3.23. The van der Waals surface area contributed by atoms with E-state index in [1.54, 1.807) is 0 Å². The molecule has 1 aliphatic rings. The van der Waals surface area contributed by atoms with E-state index in [4.69, 9.17) is 16.3 Å². The number of hydrogen-bond donors (Lipinski definition) is 0. The molecule has 1 aromatic heterocycles. The third-order valence-corrected chi connectivity index (χ3v) is 2.40. The van der Waals surface area contributed by atoms with Crippen LogP contribution in [0, 0.1) is 0 Å². The summed E-state index contributed by atoms with van der Waals surface area (Å²) in [6.45, 7) is 1.13. The molecule has 0 spiro atoms. The normalized spacial score (nSPS) is 14.4. The maximum Gasteiger partial charge on any atom is 0.300 e. The predicted molar refractivity (Wildman–Crippen MR) is 49.0 cm³/mol. The first-order valence-corrected chi connectivity index (χ1v) is 4.50. The molecule has 0 aromatic carbocycles. The molecule has 0 bridgehead atoms. The molecule has 0 amide bonds. The molecule has 0 unspecified atom stereocenters. The number of hydrogen-bond acceptors (Lipinski definition) is 4. The molecule has 74 valence electrons. The van der Waals surface area contributed by atoms with Crippen molar-refractivity contribution in [2.45, 2.75) is 13.0 Å². The van der Waals surface area contributed by atoms with E-state index >= 15 is 0 Å². The van der Waals surface area contributed by atoms with Gasteiger partial charge in [-0.05, 0) is 6.42 Å². The maximum atomic E-state index is 11.2. The number of rotatable bonds is 1. The zero-order chi connectivity index (χ0) is 10.1. The van der Waals surface area contributed by atoms with Crippen LogP contribution in [0.3, 0.4) is 0 Å². The summed E-state index contributed by atoms with van der Waals surface area (Å²) in [6.07, 6.45) is 1.20. The van der Waals surface area contributed by atoms with Gasteiger partial charge in [-0.15, -0.1) is 0 Å². The van der Waals surface area contributed by atoms with Crippen LogP contribution in [0.2, 0.25) is 5.15 Å². The van der Waals surface area contributed by atoms with Crippen LogP contribution in [-0.2, 0) is 6.54 Å². The molecule has 0 atom stereocenters. The summed E-state index contributed by atoms with van der Waals surface area (Å²) < 4.78 is 6.66. The molecule has 0 N–H and O–H groups in total. The molecule has 6 heteroatoms. The Morgan fingerprint density at radius 3 is 3.07 bits per heavy atom. The van der Waals surface area contributed by atoms with Gasteiger partial charge in [0.15, 0.2) is 6.29 Å². The fourth-order valence-electron chi connectivity index (χ4n) is 1.31. The Labute approximate surface area is 84.3 Å². The summed E-state index contributed by atoms with van der Waals surface area (Å²) in [6, 6.07) is 0.192. The average molecular weight is 215 g/mol. The van der Waals surface area contributed by atoms with Crippen LogP contribution in [0.1, 0.15) is 16.8 Å². The first kappa shape index (κ1) is 9.21. The molecule has 0 aliphatic carbocycles. The van der Waals surface area contributed by atoms with Crippen LogP contribution in [0.25, 0.3) is 0 Å². The second kappa shape index (κ2) is 3.42. The fourth-order valence-corrected chi connectivity index (χ4v) is 1.60. The average Bonchev–Trinajstić information content (AvgIpc) is 2.18. The summed E-state index contributed by atoms with van der Waals surface area (Å²) in [7, 11) is 0. The lowest BCUT2D eigenvalue weighted by molar-refractivity contribution is 0.112. The van der Waals surface area contributed by atoms with Crippen LogP contribution >= 0.6 is 11.6 Å². The van der Waals surface area contributed by atoms with Crippen molar-refractivity contribution >= 4 is 17.9 Å². The molecule has 14 heavy (non-hydrogen) atoms. The Bertz CT molecular complexity index is 441. The van der Waals surface area contributed by atoms with Gasteiger partial charge >= 0.3 is 6.01 Å². The highest BCUT2D eigenvalue weighted by Crippen LogP contribution is 2.20. The van der Waals surface area contributed by atoms with Gasteiger partial charge in [0.1, 0.15) is 10.7 Å². The minimum Gasteiger partial charge on any atom is -0.464 e. The molecule has 0 saturated heterocycles. The van der Waals surface area contributed by atoms with Gasteiger partial charge in [-0.1, -0.05) is 11.6 Å². The van der Waals surface area contributed by atoms with Crippen LogP contribution in [-0.4, -0.2) is 22.4 Å². The van der Waals surface area contributed by atoms with E-state index in [2.05, 4.69) is 4.98 Å². The Kier molecular flexibility index (Phi) is 2.25. The highest BCUT2D eigenvalue weighted by Gasteiger charge is 2.18. The topological polar surface area (TPSA) is 61.2 Å². The van der Waals surface area contributed by atoms with Gasteiger partial charge in [0, 0.05) is 6.54 Å². The number of nitrogens with zero attached hydrogens (tertiary/aromatic N) is 2. The number of aldehydes is 1. The number of ether oxygens (including phenoxy) is 1. The maximum absolute atomic E-state index is 11.2. The first-order chi connectivity index (χ1) is 6.74. The molecule has 1 aromatic rings. The minimum atomic E-state index is -0.641. The third kappa shape index (κ3) is 1.29. The summed E-state index contributed by atoms with van der Waals surface area (Å²) >= 11 is 5.84. The summed E-state index contributed by atoms with van der Waals surface area (Å²) in [5.41, 5.74) is -0.751. The van der Waals surface area contributed by atoms with Crippen molar-refractivity contribution in [3.8, 4) is 6.01 Å². The van der Waals surface area contributed by atoms with Crippen LogP contribution in [0.4, 0.5) is 0 Å². The second-order valence-electron chi connectivity index (χ2n) is 2.88. The van der Waals surface area contributed by atoms with Crippen molar-refractivity contribution in [3.05, 3.63) is 21.1 Å². The first-order valence-electron chi connectivity index (χ1n) is 4.12. The van der Waals surface area contributed by atoms with Gasteiger partial charge in [-0.3, -0.25) is 14.2 Å². The Hall–Kier alpha value is -1.36. The van der Waals surface area contributed by atoms with Crippen molar-refractivity contribution in [2.75, 3.05) is 6.61 Å². The summed E-state index contributed by atoms with van der Waals surface area (Å²) in [5, 5.41) is 0.106. The van der Waals surface area contributed by atoms with Crippen molar-refractivity contribution < 1.29 is 9.53 Å². The fraction of sp³-hybridized carbons (Fsp3) is 0.375. The van der Waals surface area contributed by atoms with E-state index in [1.165, 1.54) is 4.57 Å². The van der Waals surface area contributed by atoms with Gasteiger partial charge in [0.2, 0.25) is 0 Å². The Morgan fingerprint density at radius 1 is 1.57 bits per heavy atom. The number of aromatic nitrogens is 2. The van der Waals surface area contributed by atoms with Crippen molar-refractivity contribution in [1.82, 2.24) is 9.55 Å². The SMILES string of the molecule is O=Cc1c(Cl)n2c(nc1=O)OCCC2. The molecule has 1 aliphatic heterocycles. The monoisotopic (exact) mass is 214 g/mol. The van der Waals surface area contributed by atoms with Gasteiger partial charge < -0.3 is 4.74 Å². The molecule has 0 radical (unpaired) electrons. The van der Waals surface area contributed by atoms with E-state index in [1.807, 2.05) is 0 Å². The number of carbonyl (C=O) groups excluding carboxylic acids is 1. The number of carbonyl (C=O) groups is 1. The minimum absolute atomic E-state index is 0.106. The van der Waals surface area contributed by atoms with E-state index in [0.29, 0.717) is 19.4 Å². The third-order valence-electron chi connectivity index (χ3n) is 1.99. The molecule has 5 nitrogen and oxygen atoms in total. The standard InChI is InChI=1S/C8H7ClN2O3/c9-6-5(4-12)7(13)10-8-11(6)2-1-3-14-8/h4H,1-3H2. The largest absolute Gasteiger partial charge is 0.464 e. The Balaban J connectivity index is 2.69. The van der Waals surface area contributed by atoms with Gasteiger partial charge in [0.25, 0.3) is 5.56 Å². The molecule has 0 saturated carbocycles. The van der Waals surface area contributed by atoms with Crippen molar-refractivity contribution in [1.29, 1.82) is 0 Å². The summed E-state index contributed by atoms with van der Waals surface area (Å²) in [5.74, 6) is 0. The Morgan fingerprint density at radius 2 is 2.36 bits per heavy atom. The van der Waals surface area contributed by atoms with Crippen molar-refractivity contribution in [3.63, 3.8) is 0 Å². The lowest BCUT2D eigenvalue weighted by atomic mass is 10.3. The van der Waals surface area contributed by atoms with E-state index in [-0.39, 0.29) is 16.7 Å². The molecule has 2 rings (SSSR count). The lowest BCUT2D eigenvalue weighted by Gasteiger charge is -2.19.